The number of hydrogen-bond donors (Lipinski definition) is 1. The van der Waals surface area contributed by atoms with E-state index >= 15 is 0 Å². The molecule has 24 heavy (non-hydrogen) atoms. The molecule has 0 saturated carbocycles. The van der Waals surface area contributed by atoms with E-state index in [9.17, 15) is 4.79 Å². The number of piperidine rings is 1. The molecule has 2 aromatic rings. The van der Waals surface area contributed by atoms with Crippen LogP contribution >= 0.6 is 11.3 Å². The zero-order chi connectivity index (χ0) is 16.8. The lowest BCUT2D eigenvalue weighted by molar-refractivity contribution is -0.116. The lowest BCUT2D eigenvalue weighted by atomic mass is 9.96. The number of nitrogens with zero attached hydrogens (tertiary/aromatic N) is 2. The van der Waals surface area contributed by atoms with E-state index in [-0.39, 0.29) is 5.91 Å². The van der Waals surface area contributed by atoms with Gasteiger partial charge >= 0.3 is 0 Å². The maximum Gasteiger partial charge on any atom is 0.244 e. The van der Waals surface area contributed by atoms with Crippen LogP contribution in [0.4, 0.5) is 0 Å². The third-order valence-electron chi connectivity index (χ3n) is 4.27. The molecule has 6 heteroatoms. The third-order valence-corrected chi connectivity index (χ3v) is 5.09. The fraction of sp³-hybridized carbons (Fsp3) is 0.444. The van der Waals surface area contributed by atoms with Crippen LogP contribution in [0.1, 0.15) is 29.3 Å². The van der Waals surface area contributed by atoms with Crippen LogP contribution in [0.25, 0.3) is 6.08 Å². The van der Waals surface area contributed by atoms with Gasteiger partial charge in [0.05, 0.1) is 17.0 Å². The van der Waals surface area contributed by atoms with Crippen LogP contribution in [0.5, 0.6) is 0 Å². The normalized spacial score (nSPS) is 16.7. The summed E-state index contributed by atoms with van der Waals surface area (Å²) < 4.78 is 5.16. The topological polar surface area (TPSA) is 58.4 Å². The smallest absolute Gasteiger partial charge is 0.244 e. The SMILES string of the molecule is Cc1nc(CN2CCC(CNC(=O)/C=C/c3ccco3)CC2)cs1. The van der Waals surface area contributed by atoms with Gasteiger partial charge in [-0.3, -0.25) is 9.69 Å². The molecule has 1 amide bonds. The number of amides is 1. The summed E-state index contributed by atoms with van der Waals surface area (Å²) >= 11 is 1.71. The van der Waals surface area contributed by atoms with Crippen LogP contribution in [0.3, 0.4) is 0 Å². The number of carbonyl (C=O) groups excluding carboxylic acids is 1. The Bertz CT molecular complexity index is 670. The van der Waals surface area contributed by atoms with Gasteiger partial charge in [0.15, 0.2) is 0 Å². The number of hydrogen-bond acceptors (Lipinski definition) is 5. The second-order valence-corrected chi connectivity index (χ2v) is 7.23. The summed E-state index contributed by atoms with van der Waals surface area (Å²) in [5.41, 5.74) is 1.17. The monoisotopic (exact) mass is 345 g/mol. The van der Waals surface area contributed by atoms with Gasteiger partial charge in [-0.15, -0.1) is 11.3 Å². The highest BCUT2D eigenvalue weighted by atomic mass is 32.1. The van der Waals surface area contributed by atoms with Gasteiger partial charge in [0.25, 0.3) is 0 Å². The molecule has 5 nitrogen and oxygen atoms in total. The highest BCUT2D eigenvalue weighted by molar-refractivity contribution is 7.09. The zero-order valence-corrected chi connectivity index (χ0v) is 14.7. The van der Waals surface area contributed by atoms with E-state index in [0.29, 0.717) is 11.7 Å². The Hall–Kier alpha value is -1.92. The average Bonchev–Trinajstić information content (AvgIpc) is 3.24. The molecule has 0 aliphatic carbocycles. The number of aromatic nitrogens is 1. The number of aryl methyl sites for hydroxylation is 1. The summed E-state index contributed by atoms with van der Waals surface area (Å²) in [6, 6.07) is 3.63. The van der Waals surface area contributed by atoms with E-state index in [2.05, 4.69) is 20.6 Å². The highest BCUT2D eigenvalue weighted by Gasteiger charge is 2.20. The minimum Gasteiger partial charge on any atom is -0.465 e. The molecule has 2 aromatic heterocycles. The number of furan rings is 1. The first-order valence-corrected chi connectivity index (χ1v) is 9.20. The number of thiazole rings is 1. The molecule has 0 unspecified atom stereocenters. The van der Waals surface area contributed by atoms with Crippen molar-refractivity contribution in [1.82, 2.24) is 15.2 Å². The molecule has 3 rings (SSSR count). The summed E-state index contributed by atoms with van der Waals surface area (Å²) in [6.45, 7) is 5.86. The number of likely N-dealkylation sites (tertiary alicyclic amines) is 1. The second-order valence-electron chi connectivity index (χ2n) is 6.17. The molecule has 0 bridgehead atoms. The summed E-state index contributed by atoms with van der Waals surface area (Å²) in [4.78, 5) is 18.8. The maximum absolute atomic E-state index is 11.8. The Kier molecular flexibility index (Phi) is 5.82. The molecule has 1 N–H and O–H groups in total. The van der Waals surface area contributed by atoms with Crippen molar-refractivity contribution in [2.45, 2.75) is 26.3 Å². The van der Waals surface area contributed by atoms with Gasteiger partial charge in [-0.1, -0.05) is 0 Å². The second kappa shape index (κ2) is 8.26. The van der Waals surface area contributed by atoms with Crippen LogP contribution in [-0.2, 0) is 11.3 Å². The fourth-order valence-corrected chi connectivity index (χ4v) is 3.51. The van der Waals surface area contributed by atoms with Gasteiger partial charge in [-0.25, -0.2) is 4.98 Å². The van der Waals surface area contributed by atoms with Crippen LogP contribution in [0, 0.1) is 12.8 Å². The Morgan fingerprint density at radius 2 is 2.33 bits per heavy atom. The van der Waals surface area contributed by atoms with Crippen molar-refractivity contribution in [2.24, 2.45) is 5.92 Å². The predicted octanol–water partition coefficient (Wildman–Crippen LogP) is 3.09. The summed E-state index contributed by atoms with van der Waals surface area (Å²) in [5, 5.41) is 6.26. The maximum atomic E-state index is 11.8. The van der Waals surface area contributed by atoms with Gasteiger partial charge < -0.3 is 9.73 Å². The van der Waals surface area contributed by atoms with Crippen molar-refractivity contribution >= 4 is 23.3 Å². The first-order valence-electron chi connectivity index (χ1n) is 8.32. The third kappa shape index (κ3) is 5.04. The molecular formula is C18H23N3O2S. The molecule has 1 aliphatic rings. The fourth-order valence-electron chi connectivity index (χ4n) is 2.91. The molecule has 1 fully saturated rings. The molecule has 1 aliphatic heterocycles. The van der Waals surface area contributed by atoms with Gasteiger partial charge in [0, 0.05) is 24.5 Å². The Morgan fingerprint density at radius 3 is 3.00 bits per heavy atom. The van der Waals surface area contributed by atoms with Crippen LogP contribution in [0.15, 0.2) is 34.3 Å². The standard InChI is InChI=1S/C18H23N3O2S/c1-14-20-16(13-24-14)12-21-8-6-15(7-9-21)11-19-18(22)5-4-17-3-2-10-23-17/h2-5,10,13,15H,6-9,11-12H2,1H3,(H,19,22)/b5-4+. The number of nitrogens with one attached hydrogen (secondary N) is 1. The molecule has 0 spiro atoms. The number of carbonyl (C=O) groups is 1. The van der Waals surface area contributed by atoms with Crippen molar-refractivity contribution in [2.75, 3.05) is 19.6 Å². The summed E-state index contributed by atoms with van der Waals surface area (Å²) in [7, 11) is 0. The van der Waals surface area contributed by atoms with Crippen molar-refractivity contribution in [3.63, 3.8) is 0 Å². The Labute approximate surface area is 146 Å². The van der Waals surface area contributed by atoms with Gasteiger partial charge in [-0.2, -0.15) is 0 Å². The predicted molar refractivity (Wildman–Crippen MR) is 95.6 cm³/mol. The largest absolute Gasteiger partial charge is 0.465 e. The molecule has 0 radical (unpaired) electrons. The minimum atomic E-state index is -0.0632. The molecule has 0 atom stereocenters. The van der Waals surface area contributed by atoms with Crippen molar-refractivity contribution in [3.05, 3.63) is 46.3 Å². The van der Waals surface area contributed by atoms with Gasteiger partial charge in [0.2, 0.25) is 5.91 Å². The van der Waals surface area contributed by atoms with Gasteiger partial charge in [-0.05, 0) is 57.0 Å². The van der Waals surface area contributed by atoms with E-state index in [1.54, 1.807) is 29.7 Å². The van der Waals surface area contributed by atoms with E-state index in [0.717, 1.165) is 44.0 Å². The summed E-state index contributed by atoms with van der Waals surface area (Å²) in [5.74, 6) is 1.18. The molecule has 1 saturated heterocycles. The Balaban J connectivity index is 1.35. The van der Waals surface area contributed by atoms with Crippen LogP contribution in [0.2, 0.25) is 0 Å². The molecule has 128 valence electrons. The lowest BCUT2D eigenvalue weighted by Gasteiger charge is -2.31. The number of rotatable bonds is 6. The molecule has 3 heterocycles. The van der Waals surface area contributed by atoms with Crippen molar-refractivity contribution < 1.29 is 9.21 Å². The summed E-state index contributed by atoms with van der Waals surface area (Å²) in [6.07, 6.45) is 7.04. The minimum absolute atomic E-state index is 0.0632. The molecule has 0 aromatic carbocycles. The van der Waals surface area contributed by atoms with E-state index in [1.165, 1.54) is 11.8 Å². The van der Waals surface area contributed by atoms with Crippen molar-refractivity contribution in [1.29, 1.82) is 0 Å². The van der Waals surface area contributed by atoms with Gasteiger partial charge in [0.1, 0.15) is 5.76 Å². The van der Waals surface area contributed by atoms with E-state index in [1.807, 2.05) is 13.0 Å². The van der Waals surface area contributed by atoms with E-state index in [4.69, 9.17) is 4.42 Å². The molecular weight excluding hydrogens is 322 g/mol. The zero-order valence-electron chi connectivity index (χ0n) is 13.9. The van der Waals surface area contributed by atoms with Crippen LogP contribution in [-0.4, -0.2) is 35.4 Å². The quantitative estimate of drug-likeness (QED) is 0.818. The van der Waals surface area contributed by atoms with Crippen molar-refractivity contribution in [3.8, 4) is 0 Å². The highest BCUT2D eigenvalue weighted by Crippen LogP contribution is 2.19. The Morgan fingerprint density at radius 1 is 1.50 bits per heavy atom. The first-order chi connectivity index (χ1) is 11.7. The van der Waals surface area contributed by atoms with Crippen LogP contribution < -0.4 is 5.32 Å². The lowest BCUT2D eigenvalue weighted by Crippen LogP contribution is -2.38. The average molecular weight is 345 g/mol. The first kappa shape index (κ1) is 16.9. The van der Waals surface area contributed by atoms with E-state index < -0.39 is 0 Å².